The van der Waals surface area contributed by atoms with Crippen molar-refractivity contribution in [3.63, 3.8) is 0 Å². The maximum Gasteiger partial charge on any atom is 0.317 e. The van der Waals surface area contributed by atoms with Gasteiger partial charge in [-0.1, -0.05) is 6.07 Å². The van der Waals surface area contributed by atoms with Crippen molar-refractivity contribution in [2.45, 2.75) is 31.8 Å². The summed E-state index contributed by atoms with van der Waals surface area (Å²) in [6.07, 6.45) is 2.04. The molecular formula is C12H16N2O3S. The van der Waals surface area contributed by atoms with E-state index in [2.05, 4.69) is 5.32 Å². The molecule has 0 aromatic carbocycles. The number of carbonyl (C=O) groups excluding carboxylic acids is 1. The van der Waals surface area contributed by atoms with Crippen LogP contribution in [0.4, 0.5) is 4.79 Å². The third-order valence-electron chi connectivity index (χ3n) is 2.77. The molecule has 6 heteroatoms. The van der Waals surface area contributed by atoms with Crippen molar-refractivity contribution in [1.29, 1.82) is 0 Å². The molecule has 1 aliphatic rings. The zero-order valence-corrected chi connectivity index (χ0v) is 10.8. The minimum absolute atomic E-state index is 0.0384. The summed E-state index contributed by atoms with van der Waals surface area (Å²) in [4.78, 5) is 25.3. The molecule has 1 fully saturated rings. The van der Waals surface area contributed by atoms with E-state index in [-0.39, 0.29) is 19.0 Å². The summed E-state index contributed by atoms with van der Waals surface area (Å²) in [5.41, 5.74) is 0. The van der Waals surface area contributed by atoms with Crippen molar-refractivity contribution in [2.75, 3.05) is 6.54 Å². The summed E-state index contributed by atoms with van der Waals surface area (Å²) in [6, 6.07) is 4.13. The minimum atomic E-state index is -0.897. The normalized spacial score (nSPS) is 14.2. The first-order chi connectivity index (χ1) is 8.66. The Labute approximate surface area is 109 Å². The molecule has 1 aromatic heterocycles. The quantitative estimate of drug-likeness (QED) is 0.828. The molecule has 18 heavy (non-hydrogen) atoms. The van der Waals surface area contributed by atoms with Gasteiger partial charge >= 0.3 is 12.0 Å². The van der Waals surface area contributed by atoms with Gasteiger partial charge in [-0.25, -0.2) is 4.79 Å². The van der Waals surface area contributed by atoms with Gasteiger partial charge in [0.1, 0.15) is 0 Å². The summed E-state index contributed by atoms with van der Waals surface area (Å²) >= 11 is 1.63. The first-order valence-corrected chi connectivity index (χ1v) is 6.83. The zero-order valence-electron chi connectivity index (χ0n) is 9.96. The second-order valence-electron chi connectivity index (χ2n) is 4.31. The molecule has 1 saturated carbocycles. The summed E-state index contributed by atoms with van der Waals surface area (Å²) in [7, 11) is 0. The molecule has 0 aliphatic heterocycles. The van der Waals surface area contributed by atoms with Gasteiger partial charge in [0.05, 0.1) is 13.0 Å². The Balaban J connectivity index is 1.85. The number of thiophene rings is 1. The monoisotopic (exact) mass is 268 g/mol. The van der Waals surface area contributed by atoms with Crippen molar-refractivity contribution in [2.24, 2.45) is 0 Å². The molecule has 1 heterocycles. The Kier molecular flexibility index (Phi) is 4.19. The predicted octanol–water partition coefficient (Wildman–Crippen LogP) is 1.90. The predicted molar refractivity (Wildman–Crippen MR) is 68.5 cm³/mol. The number of urea groups is 1. The van der Waals surface area contributed by atoms with Crippen molar-refractivity contribution in [3.8, 4) is 0 Å². The van der Waals surface area contributed by atoms with Gasteiger partial charge in [-0.3, -0.25) is 4.79 Å². The summed E-state index contributed by atoms with van der Waals surface area (Å²) in [5.74, 6) is -0.897. The molecule has 2 N–H and O–H groups in total. The topological polar surface area (TPSA) is 69.6 Å². The summed E-state index contributed by atoms with van der Waals surface area (Å²) in [6.45, 7) is 0.795. The fraction of sp³-hybridized carbons (Fsp3) is 0.500. The van der Waals surface area contributed by atoms with E-state index < -0.39 is 5.97 Å². The molecule has 0 spiro atoms. The molecule has 1 aliphatic carbocycles. The zero-order chi connectivity index (χ0) is 13.0. The number of hydrogen-bond acceptors (Lipinski definition) is 3. The maximum absolute atomic E-state index is 12.0. The number of rotatable bonds is 6. The van der Waals surface area contributed by atoms with Crippen LogP contribution in [0.25, 0.3) is 0 Å². The highest BCUT2D eigenvalue weighted by atomic mass is 32.1. The largest absolute Gasteiger partial charge is 0.481 e. The van der Waals surface area contributed by atoms with Gasteiger partial charge in [0.15, 0.2) is 0 Å². The van der Waals surface area contributed by atoms with Gasteiger partial charge < -0.3 is 15.3 Å². The molecule has 0 bridgehead atoms. The molecule has 2 amide bonds. The van der Waals surface area contributed by atoms with Gasteiger partial charge in [-0.2, -0.15) is 0 Å². The number of hydrogen-bond donors (Lipinski definition) is 2. The minimum Gasteiger partial charge on any atom is -0.481 e. The Morgan fingerprint density at radius 2 is 2.28 bits per heavy atom. The molecule has 0 unspecified atom stereocenters. The SMILES string of the molecule is O=C(O)CCNC(=O)N(Cc1cccs1)C1CC1. The second kappa shape index (κ2) is 5.86. The van der Waals surface area contributed by atoms with Gasteiger partial charge in [-0.15, -0.1) is 11.3 Å². The van der Waals surface area contributed by atoms with Gasteiger partial charge in [0.2, 0.25) is 0 Å². The van der Waals surface area contributed by atoms with Crippen LogP contribution in [0.1, 0.15) is 24.1 Å². The van der Waals surface area contributed by atoms with E-state index in [0.717, 1.165) is 17.7 Å². The van der Waals surface area contributed by atoms with E-state index in [9.17, 15) is 9.59 Å². The van der Waals surface area contributed by atoms with Crippen LogP contribution in [0, 0.1) is 0 Å². The molecule has 5 nitrogen and oxygen atoms in total. The molecule has 1 aromatic rings. The number of nitrogens with one attached hydrogen (secondary N) is 1. The van der Waals surface area contributed by atoms with Crippen LogP contribution in [0.2, 0.25) is 0 Å². The van der Waals surface area contributed by atoms with Gasteiger partial charge in [-0.05, 0) is 24.3 Å². The van der Waals surface area contributed by atoms with Crippen LogP contribution in [-0.4, -0.2) is 34.6 Å². The lowest BCUT2D eigenvalue weighted by molar-refractivity contribution is -0.136. The van der Waals surface area contributed by atoms with Crippen LogP contribution >= 0.6 is 11.3 Å². The first-order valence-electron chi connectivity index (χ1n) is 5.95. The maximum atomic E-state index is 12.0. The summed E-state index contributed by atoms with van der Waals surface area (Å²) in [5, 5.41) is 13.2. The highest BCUT2D eigenvalue weighted by Crippen LogP contribution is 2.29. The van der Waals surface area contributed by atoms with E-state index in [1.807, 2.05) is 17.5 Å². The van der Waals surface area contributed by atoms with Crippen molar-refractivity contribution >= 4 is 23.3 Å². The number of nitrogens with zero attached hydrogens (tertiary/aromatic N) is 1. The number of amides is 2. The van der Waals surface area contributed by atoms with Crippen LogP contribution in [-0.2, 0) is 11.3 Å². The van der Waals surface area contributed by atoms with Crippen LogP contribution in [0.3, 0.4) is 0 Å². The number of carbonyl (C=O) groups is 2. The second-order valence-corrected chi connectivity index (χ2v) is 5.35. The summed E-state index contributed by atoms with van der Waals surface area (Å²) < 4.78 is 0. The first kappa shape index (κ1) is 12.9. The third kappa shape index (κ3) is 3.73. The molecular weight excluding hydrogens is 252 g/mol. The fourth-order valence-corrected chi connectivity index (χ4v) is 2.40. The van der Waals surface area contributed by atoms with Gasteiger partial charge in [0, 0.05) is 17.5 Å². The number of aliphatic carboxylic acids is 1. The van der Waals surface area contributed by atoms with Crippen molar-refractivity contribution in [1.82, 2.24) is 10.2 Å². The van der Waals surface area contributed by atoms with E-state index in [0.29, 0.717) is 12.6 Å². The number of carboxylic acid groups (broad SMARTS) is 1. The standard InChI is InChI=1S/C12H16N2O3S/c15-11(16)5-6-13-12(17)14(9-3-4-9)8-10-2-1-7-18-10/h1-2,7,9H,3-6,8H2,(H,13,17)(H,15,16). The smallest absolute Gasteiger partial charge is 0.317 e. The average Bonchev–Trinajstić information content (AvgIpc) is 3.02. The van der Waals surface area contributed by atoms with E-state index in [1.54, 1.807) is 16.2 Å². The fourth-order valence-electron chi connectivity index (χ4n) is 1.70. The van der Waals surface area contributed by atoms with Crippen LogP contribution in [0.5, 0.6) is 0 Å². The molecule has 98 valence electrons. The Hall–Kier alpha value is -1.56. The Morgan fingerprint density at radius 3 is 2.83 bits per heavy atom. The highest BCUT2D eigenvalue weighted by molar-refractivity contribution is 7.09. The number of carboxylic acids is 1. The Morgan fingerprint density at radius 1 is 1.50 bits per heavy atom. The molecule has 2 rings (SSSR count). The van der Waals surface area contributed by atoms with Gasteiger partial charge in [0.25, 0.3) is 0 Å². The Bertz CT molecular complexity index is 415. The van der Waals surface area contributed by atoms with E-state index in [4.69, 9.17) is 5.11 Å². The molecule has 0 atom stereocenters. The van der Waals surface area contributed by atoms with E-state index in [1.165, 1.54) is 0 Å². The van der Waals surface area contributed by atoms with Crippen molar-refractivity contribution < 1.29 is 14.7 Å². The van der Waals surface area contributed by atoms with E-state index >= 15 is 0 Å². The molecule has 0 saturated heterocycles. The highest BCUT2D eigenvalue weighted by Gasteiger charge is 2.32. The van der Waals surface area contributed by atoms with Crippen molar-refractivity contribution in [3.05, 3.63) is 22.4 Å². The molecule has 0 radical (unpaired) electrons. The van der Waals surface area contributed by atoms with Crippen LogP contribution < -0.4 is 5.32 Å². The lowest BCUT2D eigenvalue weighted by Gasteiger charge is -2.22. The third-order valence-corrected chi connectivity index (χ3v) is 3.63. The lowest BCUT2D eigenvalue weighted by atomic mass is 10.4. The average molecular weight is 268 g/mol. The van der Waals surface area contributed by atoms with Crippen LogP contribution in [0.15, 0.2) is 17.5 Å². The lowest BCUT2D eigenvalue weighted by Crippen LogP contribution is -2.41.